The Kier molecular flexibility index (Phi) is 3.52. The minimum Gasteiger partial charge on any atom is -0.315 e. The molecule has 2 fully saturated rings. The lowest BCUT2D eigenvalue weighted by atomic mass is 10.1. The first kappa shape index (κ1) is 9.81. The Bertz CT molecular complexity index is 151. The Morgan fingerprint density at radius 1 is 1.46 bits per heavy atom. The van der Waals surface area contributed by atoms with Gasteiger partial charge in [-0.15, -0.1) is 0 Å². The molecule has 2 saturated heterocycles. The highest BCUT2D eigenvalue weighted by Crippen LogP contribution is 2.24. The zero-order chi connectivity index (χ0) is 9.10. The second kappa shape index (κ2) is 4.67. The van der Waals surface area contributed by atoms with E-state index in [0.717, 1.165) is 12.0 Å². The smallest absolute Gasteiger partial charge is 0.0229 e. The Labute approximate surface area is 85.4 Å². The summed E-state index contributed by atoms with van der Waals surface area (Å²) in [5.41, 5.74) is 0. The van der Waals surface area contributed by atoms with Crippen LogP contribution in [0.3, 0.4) is 0 Å². The molecule has 0 bridgehead atoms. The molecule has 0 aromatic rings. The first-order valence-electron chi connectivity index (χ1n) is 5.35. The highest BCUT2D eigenvalue weighted by Gasteiger charge is 2.23. The maximum atomic E-state index is 3.43. The van der Waals surface area contributed by atoms with Gasteiger partial charge in [-0.25, -0.2) is 0 Å². The molecule has 2 aliphatic rings. The van der Waals surface area contributed by atoms with Gasteiger partial charge in [0, 0.05) is 19.1 Å². The van der Waals surface area contributed by atoms with Gasteiger partial charge in [-0.2, -0.15) is 11.8 Å². The summed E-state index contributed by atoms with van der Waals surface area (Å²) >= 11 is 2.12. The fraction of sp³-hybridized carbons (Fsp3) is 1.00. The molecule has 0 spiro atoms. The highest BCUT2D eigenvalue weighted by molar-refractivity contribution is 7.99. The lowest BCUT2D eigenvalue weighted by Gasteiger charge is -2.26. The van der Waals surface area contributed by atoms with Crippen molar-refractivity contribution in [2.75, 3.05) is 38.2 Å². The third-order valence-electron chi connectivity index (χ3n) is 3.23. The largest absolute Gasteiger partial charge is 0.315 e. The lowest BCUT2D eigenvalue weighted by molar-refractivity contribution is 0.226. The van der Waals surface area contributed by atoms with Gasteiger partial charge in [-0.05, 0) is 43.9 Å². The van der Waals surface area contributed by atoms with E-state index in [1.54, 1.807) is 0 Å². The lowest BCUT2D eigenvalue weighted by Crippen LogP contribution is -2.37. The average Bonchev–Trinajstić information content (AvgIpc) is 2.74. The maximum Gasteiger partial charge on any atom is 0.0229 e. The van der Waals surface area contributed by atoms with Gasteiger partial charge in [0.05, 0.1) is 0 Å². The van der Waals surface area contributed by atoms with E-state index in [2.05, 4.69) is 29.0 Å². The van der Waals surface area contributed by atoms with Crippen molar-refractivity contribution in [1.29, 1.82) is 0 Å². The van der Waals surface area contributed by atoms with Crippen molar-refractivity contribution in [2.24, 2.45) is 5.92 Å². The fourth-order valence-corrected chi connectivity index (χ4v) is 3.57. The van der Waals surface area contributed by atoms with Crippen LogP contribution in [0.15, 0.2) is 0 Å². The van der Waals surface area contributed by atoms with Crippen LogP contribution in [0.4, 0.5) is 0 Å². The molecule has 0 radical (unpaired) electrons. The molecule has 0 saturated carbocycles. The molecule has 3 heteroatoms. The molecule has 0 aliphatic carbocycles. The van der Waals surface area contributed by atoms with Gasteiger partial charge >= 0.3 is 0 Å². The third kappa shape index (κ3) is 2.61. The molecule has 2 nitrogen and oxygen atoms in total. The van der Waals surface area contributed by atoms with Gasteiger partial charge in [-0.1, -0.05) is 0 Å². The Balaban J connectivity index is 1.73. The van der Waals surface area contributed by atoms with Crippen LogP contribution in [0.25, 0.3) is 0 Å². The molecular formula is C10H20N2S. The van der Waals surface area contributed by atoms with Crippen LogP contribution in [0.1, 0.15) is 12.8 Å². The number of hydrogen-bond acceptors (Lipinski definition) is 3. The van der Waals surface area contributed by atoms with Crippen LogP contribution in [0, 0.1) is 5.92 Å². The van der Waals surface area contributed by atoms with E-state index in [1.807, 2.05) is 0 Å². The van der Waals surface area contributed by atoms with Crippen molar-refractivity contribution in [2.45, 2.75) is 18.9 Å². The van der Waals surface area contributed by atoms with Crippen LogP contribution >= 0.6 is 11.8 Å². The van der Waals surface area contributed by atoms with Crippen molar-refractivity contribution in [1.82, 2.24) is 10.2 Å². The molecule has 13 heavy (non-hydrogen) atoms. The Morgan fingerprint density at radius 3 is 3.00 bits per heavy atom. The summed E-state index contributed by atoms with van der Waals surface area (Å²) in [4.78, 5) is 2.57. The summed E-state index contributed by atoms with van der Waals surface area (Å²) in [5, 5.41) is 3.43. The molecule has 0 amide bonds. The molecule has 2 rings (SSSR count). The van der Waals surface area contributed by atoms with E-state index in [1.165, 1.54) is 44.0 Å². The van der Waals surface area contributed by atoms with Crippen LogP contribution in [0.2, 0.25) is 0 Å². The van der Waals surface area contributed by atoms with Crippen molar-refractivity contribution < 1.29 is 0 Å². The first-order valence-corrected chi connectivity index (χ1v) is 6.50. The SMILES string of the molecule is CN(CC1CCSC1)C1CCNC1. The van der Waals surface area contributed by atoms with Gasteiger partial charge < -0.3 is 10.2 Å². The van der Waals surface area contributed by atoms with Gasteiger partial charge in [-0.3, -0.25) is 0 Å². The predicted octanol–water partition coefficient (Wildman–Crippen LogP) is 1.03. The number of nitrogens with one attached hydrogen (secondary N) is 1. The summed E-state index contributed by atoms with van der Waals surface area (Å²) in [6, 6.07) is 0.811. The molecule has 1 N–H and O–H groups in total. The second-order valence-electron chi connectivity index (χ2n) is 4.32. The van der Waals surface area contributed by atoms with Crippen LogP contribution in [0.5, 0.6) is 0 Å². The number of likely N-dealkylation sites (N-methyl/N-ethyl adjacent to an activating group) is 1. The van der Waals surface area contributed by atoms with Crippen molar-refractivity contribution in [3.05, 3.63) is 0 Å². The summed E-state index contributed by atoms with van der Waals surface area (Å²) in [6.07, 6.45) is 2.78. The fourth-order valence-electron chi connectivity index (χ4n) is 2.30. The van der Waals surface area contributed by atoms with E-state index >= 15 is 0 Å². The number of rotatable bonds is 3. The molecular weight excluding hydrogens is 180 g/mol. The van der Waals surface area contributed by atoms with E-state index in [0.29, 0.717) is 0 Å². The molecule has 0 aromatic carbocycles. The molecule has 2 heterocycles. The summed E-state index contributed by atoms with van der Waals surface area (Å²) in [6.45, 7) is 3.74. The molecule has 2 aliphatic heterocycles. The monoisotopic (exact) mass is 200 g/mol. The summed E-state index contributed by atoms with van der Waals surface area (Å²) in [7, 11) is 2.29. The predicted molar refractivity (Wildman–Crippen MR) is 59.3 cm³/mol. The van der Waals surface area contributed by atoms with Gasteiger partial charge in [0.1, 0.15) is 0 Å². The van der Waals surface area contributed by atoms with Crippen molar-refractivity contribution >= 4 is 11.8 Å². The van der Waals surface area contributed by atoms with Gasteiger partial charge in [0.2, 0.25) is 0 Å². The molecule has 0 aromatic heterocycles. The maximum absolute atomic E-state index is 3.43. The van der Waals surface area contributed by atoms with E-state index in [4.69, 9.17) is 0 Å². The molecule has 2 unspecified atom stereocenters. The summed E-state index contributed by atoms with van der Waals surface area (Å²) in [5.74, 6) is 3.75. The van der Waals surface area contributed by atoms with Crippen LogP contribution < -0.4 is 5.32 Å². The van der Waals surface area contributed by atoms with Crippen molar-refractivity contribution in [3.63, 3.8) is 0 Å². The quantitative estimate of drug-likeness (QED) is 0.732. The Morgan fingerprint density at radius 2 is 2.38 bits per heavy atom. The number of nitrogens with zero attached hydrogens (tertiary/aromatic N) is 1. The zero-order valence-electron chi connectivity index (χ0n) is 8.46. The normalized spacial score (nSPS) is 34.6. The number of hydrogen-bond donors (Lipinski definition) is 1. The van der Waals surface area contributed by atoms with Gasteiger partial charge in [0.15, 0.2) is 0 Å². The Hall–Kier alpha value is 0.270. The van der Waals surface area contributed by atoms with Crippen LogP contribution in [-0.4, -0.2) is 49.1 Å². The highest BCUT2D eigenvalue weighted by atomic mass is 32.2. The standard InChI is InChI=1S/C10H20N2S/c1-12(10-2-4-11-6-10)7-9-3-5-13-8-9/h9-11H,2-8H2,1H3. The zero-order valence-corrected chi connectivity index (χ0v) is 9.28. The molecule has 2 atom stereocenters. The summed E-state index contributed by atoms with van der Waals surface area (Å²) < 4.78 is 0. The third-order valence-corrected chi connectivity index (χ3v) is 4.46. The topological polar surface area (TPSA) is 15.3 Å². The van der Waals surface area contributed by atoms with E-state index in [9.17, 15) is 0 Å². The number of thioether (sulfide) groups is 1. The van der Waals surface area contributed by atoms with Crippen LogP contribution in [-0.2, 0) is 0 Å². The molecule has 76 valence electrons. The van der Waals surface area contributed by atoms with E-state index in [-0.39, 0.29) is 0 Å². The average molecular weight is 200 g/mol. The van der Waals surface area contributed by atoms with Gasteiger partial charge in [0.25, 0.3) is 0 Å². The van der Waals surface area contributed by atoms with Crippen molar-refractivity contribution in [3.8, 4) is 0 Å². The van der Waals surface area contributed by atoms with E-state index < -0.39 is 0 Å². The minimum absolute atomic E-state index is 0.811. The second-order valence-corrected chi connectivity index (χ2v) is 5.47. The first-order chi connectivity index (χ1) is 6.36. The minimum atomic E-state index is 0.811.